The second-order valence-corrected chi connectivity index (χ2v) is 19.5. The van der Waals surface area contributed by atoms with Gasteiger partial charge < -0.3 is 33.6 Å². The second kappa shape index (κ2) is 28.7. The summed E-state index contributed by atoms with van der Waals surface area (Å²) in [7, 11) is 3.21. The lowest BCUT2D eigenvalue weighted by molar-refractivity contribution is -0.189. The molecule has 0 saturated heterocycles. The van der Waals surface area contributed by atoms with Gasteiger partial charge in [0.25, 0.3) is 0 Å². The van der Waals surface area contributed by atoms with Crippen molar-refractivity contribution in [2.75, 3.05) is 46.9 Å². The average Bonchev–Trinajstić information content (AvgIpc) is 3.34. The van der Waals surface area contributed by atoms with E-state index in [0.29, 0.717) is 36.1 Å². The summed E-state index contributed by atoms with van der Waals surface area (Å²) in [5, 5.41) is -0.269. The number of carbonyl (C=O) groups excluding carboxylic acids is 3. The summed E-state index contributed by atoms with van der Waals surface area (Å²) in [4.78, 5) is 48.9. The van der Waals surface area contributed by atoms with Crippen molar-refractivity contribution in [2.45, 2.75) is 134 Å². The van der Waals surface area contributed by atoms with Crippen molar-refractivity contribution in [3.63, 3.8) is 0 Å². The van der Waals surface area contributed by atoms with Crippen LogP contribution < -0.4 is 18.9 Å². The molecule has 0 fully saturated rings. The normalized spacial score (nSPS) is 15.1. The zero-order valence-electron chi connectivity index (χ0n) is 45.2. The Labute approximate surface area is 431 Å². The zero-order valence-corrected chi connectivity index (χ0v) is 46.0. The fourth-order valence-corrected chi connectivity index (χ4v) is 8.61. The van der Waals surface area contributed by atoms with Crippen molar-refractivity contribution in [1.29, 1.82) is 0 Å². The zero-order chi connectivity index (χ0) is 54.0. The summed E-state index contributed by atoms with van der Waals surface area (Å²) in [5.74, 6) is 1.39. The molecule has 0 bridgehead atoms. The molecule has 2 amide bonds. The quantitative estimate of drug-likeness (QED) is 0.106. The van der Waals surface area contributed by atoms with Gasteiger partial charge in [0.15, 0.2) is 0 Å². The van der Waals surface area contributed by atoms with E-state index in [4.69, 9.17) is 30.5 Å². The third-order valence-corrected chi connectivity index (χ3v) is 12.9. The molecule has 4 heterocycles. The number of rotatable bonds is 15. The Hall–Kier alpha value is -5.41. The van der Waals surface area contributed by atoms with Gasteiger partial charge in [-0.15, -0.1) is 0 Å². The number of amides is 2. The maximum absolute atomic E-state index is 13.0. The van der Waals surface area contributed by atoms with Crippen LogP contribution in [-0.4, -0.2) is 94.8 Å². The van der Waals surface area contributed by atoms with Gasteiger partial charge in [-0.25, -0.2) is 0 Å². The van der Waals surface area contributed by atoms with Gasteiger partial charge in [0, 0.05) is 36.3 Å². The SMILES string of the molecule is CC(C)C(=O)Cl.CCN(CC)CC.COc1ccc(C)nc1COc1ccc2c(c1)CCN(C(=O)C(C)C)[C@H]2C(C)C.COc1ccc(C)nc1COc1ccc2c(c1)CCN(C(=O)C(F)(F)F)[C@H]2C(C)C. The lowest BCUT2D eigenvalue weighted by atomic mass is 9.85. The molecule has 0 aliphatic carbocycles. The first kappa shape index (κ1) is 60.9. The number of carbonyl (C=O) groups is 3. The highest BCUT2D eigenvalue weighted by molar-refractivity contribution is 6.63. The van der Waals surface area contributed by atoms with Crippen molar-refractivity contribution < 1.29 is 46.5 Å². The van der Waals surface area contributed by atoms with E-state index in [0.717, 1.165) is 57.6 Å². The van der Waals surface area contributed by atoms with Gasteiger partial charge in [-0.2, -0.15) is 13.2 Å². The summed E-state index contributed by atoms with van der Waals surface area (Å²) in [6.07, 6.45) is -3.70. The number of aromatic nitrogens is 2. The van der Waals surface area contributed by atoms with Gasteiger partial charge in [0.1, 0.15) is 47.6 Å². The highest BCUT2D eigenvalue weighted by Crippen LogP contribution is 2.40. The van der Waals surface area contributed by atoms with Crippen molar-refractivity contribution >= 4 is 28.7 Å². The first-order valence-corrected chi connectivity index (χ1v) is 25.4. The van der Waals surface area contributed by atoms with Crippen molar-refractivity contribution in [2.24, 2.45) is 23.7 Å². The number of halogens is 4. The van der Waals surface area contributed by atoms with Crippen molar-refractivity contribution in [3.05, 3.63) is 106 Å². The van der Waals surface area contributed by atoms with Crippen LogP contribution in [0.3, 0.4) is 0 Å². The predicted molar refractivity (Wildman–Crippen MR) is 279 cm³/mol. The Bertz CT molecular complexity index is 2370. The summed E-state index contributed by atoms with van der Waals surface area (Å²) in [5.41, 5.74) is 7.35. The number of hydrogen-bond donors (Lipinski definition) is 0. The maximum Gasteiger partial charge on any atom is 0.471 e. The molecule has 4 aromatic rings. The van der Waals surface area contributed by atoms with Crippen molar-refractivity contribution in [3.8, 4) is 23.0 Å². The molecule has 398 valence electrons. The second-order valence-electron chi connectivity index (χ2n) is 19.1. The van der Waals surface area contributed by atoms with E-state index in [-0.39, 0.29) is 48.1 Å². The molecule has 16 heteroatoms. The highest BCUT2D eigenvalue weighted by atomic mass is 35.5. The lowest BCUT2D eigenvalue weighted by Crippen LogP contribution is -2.48. The van der Waals surface area contributed by atoms with Crippen LogP contribution >= 0.6 is 11.6 Å². The topological polar surface area (TPSA) is 124 Å². The molecule has 72 heavy (non-hydrogen) atoms. The molecule has 2 atom stereocenters. The largest absolute Gasteiger partial charge is 0.495 e. The monoisotopic (exact) mass is 1030 g/mol. The Morgan fingerprint density at radius 3 is 1.36 bits per heavy atom. The van der Waals surface area contributed by atoms with Gasteiger partial charge in [0.05, 0.1) is 26.3 Å². The molecule has 12 nitrogen and oxygen atoms in total. The summed E-state index contributed by atoms with van der Waals surface area (Å²) >= 11 is 4.97. The van der Waals surface area contributed by atoms with E-state index in [1.165, 1.54) is 30.8 Å². The molecule has 0 spiro atoms. The van der Waals surface area contributed by atoms with Crippen molar-refractivity contribution in [1.82, 2.24) is 24.7 Å². The molecule has 0 saturated carbocycles. The standard InChI is InChI=1S/C24H32N2O3.C22H25F3N2O3.C6H15N.C4H7ClO/c1-15(2)23-20-9-8-19(13-18(20)11-12-26(23)24(27)16(3)4)29-14-21-22(28-6)10-7-17(5)25-21;1-13(2)20-17-7-6-16(30-12-18-19(29-4)8-5-14(3)26-18)11-15(17)9-10-27(20)21(28)22(23,24)25;1-4-7(5-2)6-3;1-3(2)4(5)6/h7-10,13,15-16,23H,11-12,14H2,1-6H3;5-8,11,13,20H,9-10,12H2,1-4H3;4-6H2,1-3H3;3H,1-2H3/t23-;20-;;/m00../s1. The van der Waals surface area contributed by atoms with Gasteiger partial charge >= 0.3 is 12.1 Å². The van der Waals surface area contributed by atoms with E-state index < -0.39 is 18.1 Å². The lowest BCUT2D eigenvalue weighted by Gasteiger charge is -2.40. The molecule has 2 aliphatic heterocycles. The Morgan fingerprint density at radius 1 is 0.653 bits per heavy atom. The van der Waals surface area contributed by atoms with Gasteiger partial charge in [0.2, 0.25) is 11.1 Å². The first-order valence-electron chi connectivity index (χ1n) is 25.0. The van der Waals surface area contributed by atoms with Crippen LogP contribution in [0.4, 0.5) is 13.2 Å². The first-order chi connectivity index (χ1) is 33.9. The number of alkyl halides is 3. The maximum atomic E-state index is 13.0. The molecule has 2 aromatic carbocycles. The fourth-order valence-electron chi connectivity index (χ4n) is 8.61. The van der Waals surface area contributed by atoms with Crippen LogP contribution in [0.2, 0.25) is 0 Å². The predicted octanol–water partition coefficient (Wildman–Crippen LogP) is 12.1. The fraction of sp³-hybridized carbons (Fsp3) is 0.554. The van der Waals surface area contributed by atoms with Crippen LogP contribution in [-0.2, 0) is 40.4 Å². The number of pyridine rings is 2. The molecule has 0 N–H and O–H groups in total. The molecular weight excluding hydrogens is 947 g/mol. The highest BCUT2D eigenvalue weighted by Gasteiger charge is 2.47. The Morgan fingerprint density at radius 2 is 1.04 bits per heavy atom. The molecule has 2 aliphatic rings. The van der Waals surface area contributed by atoms with Gasteiger partial charge in [-0.05, 0) is 141 Å². The van der Waals surface area contributed by atoms with E-state index in [1.807, 2.05) is 77.9 Å². The van der Waals surface area contributed by atoms with Gasteiger partial charge in [-0.3, -0.25) is 24.4 Å². The summed E-state index contributed by atoms with van der Waals surface area (Å²) in [6, 6.07) is 18.6. The van der Waals surface area contributed by atoms with E-state index in [1.54, 1.807) is 40.2 Å². The minimum Gasteiger partial charge on any atom is -0.495 e. The van der Waals surface area contributed by atoms with E-state index in [2.05, 4.69) is 66.5 Å². The molecule has 0 unspecified atom stereocenters. The third-order valence-electron chi connectivity index (χ3n) is 12.5. The smallest absolute Gasteiger partial charge is 0.471 e. The number of nitrogens with zero attached hydrogens (tertiary/aromatic N) is 5. The summed E-state index contributed by atoms with van der Waals surface area (Å²) in [6.45, 7) is 30.7. The van der Waals surface area contributed by atoms with Crippen LogP contribution in [0, 0.1) is 37.5 Å². The van der Waals surface area contributed by atoms with E-state index >= 15 is 0 Å². The number of ether oxygens (including phenoxy) is 4. The minimum atomic E-state index is -4.88. The molecular formula is C56H79ClF3N5O7. The average molecular weight is 1030 g/mol. The number of fused-ring (bicyclic) bond motifs is 2. The van der Waals surface area contributed by atoms with Crippen LogP contribution in [0.25, 0.3) is 0 Å². The molecule has 0 radical (unpaired) electrons. The van der Waals surface area contributed by atoms with Gasteiger partial charge in [-0.1, -0.05) is 88.3 Å². The molecule has 6 rings (SSSR count). The van der Waals surface area contributed by atoms with Crippen LogP contribution in [0.5, 0.6) is 23.0 Å². The minimum absolute atomic E-state index is 0.0113. The number of methoxy groups -OCH3 is 2. The summed E-state index contributed by atoms with van der Waals surface area (Å²) < 4.78 is 61.7. The number of benzene rings is 2. The third kappa shape index (κ3) is 17.4. The number of aryl methyl sites for hydroxylation is 2. The number of hydrogen-bond acceptors (Lipinski definition) is 10. The van der Waals surface area contributed by atoms with Crippen LogP contribution in [0.15, 0.2) is 60.7 Å². The van der Waals surface area contributed by atoms with Crippen LogP contribution in [0.1, 0.15) is 133 Å². The Balaban J connectivity index is 0.000000305. The molecule has 2 aromatic heterocycles. The Kier molecular flexibility index (Phi) is 24.3. The van der Waals surface area contributed by atoms with E-state index in [9.17, 15) is 27.6 Å².